The maximum Gasteiger partial charge on any atom is 0.288 e. The topological polar surface area (TPSA) is 80.3 Å². The Kier molecular flexibility index (Phi) is 5.79. The smallest absolute Gasteiger partial charge is 0.288 e. The van der Waals surface area contributed by atoms with Crippen molar-refractivity contribution in [1.82, 2.24) is 15.8 Å². The van der Waals surface area contributed by atoms with E-state index in [1.54, 1.807) is 13.0 Å². The molecule has 2 amide bonds. The summed E-state index contributed by atoms with van der Waals surface area (Å²) in [6.45, 7) is 1.77. The lowest BCUT2D eigenvalue weighted by atomic mass is 10.0. The zero-order chi connectivity index (χ0) is 19.1. The molecule has 0 radical (unpaired) electrons. The van der Waals surface area contributed by atoms with Crippen LogP contribution in [0.4, 0.5) is 0 Å². The molecule has 6 nitrogen and oxygen atoms in total. The summed E-state index contributed by atoms with van der Waals surface area (Å²) in [5, 5.41) is 0. The molecule has 0 fully saturated rings. The summed E-state index contributed by atoms with van der Waals surface area (Å²) in [5.74, 6) is -0.106. The molecule has 0 aliphatic heterocycles. The van der Waals surface area contributed by atoms with Gasteiger partial charge in [-0.2, -0.15) is 0 Å². The molecule has 1 atom stereocenters. The molecule has 6 heteroatoms. The average molecular weight is 361 g/mol. The van der Waals surface area contributed by atoms with Crippen molar-refractivity contribution in [3.63, 3.8) is 0 Å². The quantitative estimate of drug-likeness (QED) is 0.682. The Labute approximate surface area is 157 Å². The van der Waals surface area contributed by atoms with Crippen molar-refractivity contribution in [2.45, 2.75) is 12.8 Å². The number of ether oxygens (including phenoxy) is 1. The zero-order valence-electron chi connectivity index (χ0n) is 14.8. The van der Waals surface area contributed by atoms with Crippen molar-refractivity contribution < 1.29 is 14.3 Å². The molecule has 0 aliphatic carbocycles. The fraction of sp³-hybridized carbons (Fsp3) is 0.0952. The summed E-state index contributed by atoms with van der Waals surface area (Å²) in [4.78, 5) is 28.5. The number of nitrogens with zero attached hydrogens (tertiary/aromatic N) is 1. The molecular weight excluding hydrogens is 342 g/mol. The largest absolute Gasteiger partial charge is 0.457 e. The number of nitrogens with one attached hydrogen (secondary N) is 2. The normalized spacial score (nSPS) is 11.3. The number of carbonyl (C=O) groups excluding carboxylic acids is 2. The molecule has 1 heterocycles. The van der Waals surface area contributed by atoms with Gasteiger partial charge in [0.15, 0.2) is 0 Å². The molecule has 136 valence electrons. The lowest BCUT2D eigenvalue weighted by Gasteiger charge is -2.13. The number of hydrogen-bond donors (Lipinski definition) is 2. The van der Waals surface area contributed by atoms with Gasteiger partial charge in [0.1, 0.15) is 17.2 Å². The maximum absolute atomic E-state index is 12.3. The van der Waals surface area contributed by atoms with Crippen molar-refractivity contribution in [3.8, 4) is 11.5 Å². The van der Waals surface area contributed by atoms with Crippen LogP contribution < -0.4 is 15.6 Å². The second-order valence-corrected chi connectivity index (χ2v) is 5.87. The van der Waals surface area contributed by atoms with E-state index in [0.717, 1.165) is 5.56 Å². The molecule has 3 aromatic rings. The van der Waals surface area contributed by atoms with Crippen molar-refractivity contribution in [2.24, 2.45) is 0 Å². The molecule has 3 rings (SSSR count). The fourth-order valence-corrected chi connectivity index (χ4v) is 2.41. The molecule has 0 spiro atoms. The van der Waals surface area contributed by atoms with Crippen LogP contribution in [0, 0.1) is 0 Å². The SMILES string of the molecule is CC(C(=O)NNC(=O)c1cc(Oc2ccccc2)ccn1)c1ccccc1. The van der Waals surface area contributed by atoms with Crippen LogP contribution >= 0.6 is 0 Å². The molecule has 1 aromatic heterocycles. The average Bonchev–Trinajstić information content (AvgIpc) is 2.72. The highest BCUT2D eigenvalue weighted by atomic mass is 16.5. The lowest BCUT2D eigenvalue weighted by molar-refractivity contribution is -0.123. The van der Waals surface area contributed by atoms with Gasteiger partial charge in [-0.3, -0.25) is 25.4 Å². The molecule has 2 N–H and O–H groups in total. The molecule has 27 heavy (non-hydrogen) atoms. The van der Waals surface area contributed by atoms with Crippen LogP contribution in [0.15, 0.2) is 79.0 Å². The van der Waals surface area contributed by atoms with Crippen LogP contribution in [0.3, 0.4) is 0 Å². The third kappa shape index (κ3) is 4.92. The third-order valence-electron chi connectivity index (χ3n) is 3.94. The Balaban J connectivity index is 1.59. The van der Waals surface area contributed by atoms with Gasteiger partial charge in [-0.1, -0.05) is 48.5 Å². The monoisotopic (exact) mass is 361 g/mol. The maximum atomic E-state index is 12.3. The first-order valence-corrected chi connectivity index (χ1v) is 8.47. The van der Waals surface area contributed by atoms with Crippen LogP contribution in [0.1, 0.15) is 28.9 Å². The van der Waals surface area contributed by atoms with E-state index in [2.05, 4.69) is 15.8 Å². The Morgan fingerprint density at radius 1 is 0.889 bits per heavy atom. The van der Waals surface area contributed by atoms with E-state index in [4.69, 9.17) is 4.74 Å². The first-order chi connectivity index (χ1) is 13.1. The molecular formula is C21H19N3O3. The highest BCUT2D eigenvalue weighted by Gasteiger charge is 2.16. The van der Waals surface area contributed by atoms with Crippen molar-refractivity contribution >= 4 is 11.8 Å². The van der Waals surface area contributed by atoms with Gasteiger partial charge in [-0.25, -0.2) is 0 Å². The number of benzene rings is 2. The number of rotatable bonds is 5. The van der Waals surface area contributed by atoms with Crippen molar-refractivity contribution in [3.05, 3.63) is 90.3 Å². The standard InChI is InChI=1S/C21H19N3O3/c1-15(16-8-4-2-5-9-16)20(25)23-24-21(26)19-14-18(12-13-22-19)27-17-10-6-3-7-11-17/h2-15H,1H3,(H,23,25)(H,24,26). The first kappa shape index (κ1) is 18.1. The molecule has 0 aliphatic rings. The molecule has 0 bridgehead atoms. The van der Waals surface area contributed by atoms with Crippen LogP contribution in [0.25, 0.3) is 0 Å². The van der Waals surface area contributed by atoms with E-state index in [1.165, 1.54) is 12.3 Å². The number of aromatic nitrogens is 1. The van der Waals surface area contributed by atoms with E-state index in [0.29, 0.717) is 11.5 Å². The highest BCUT2D eigenvalue weighted by molar-refractivity contribution is 5.94. The summed E-state index contributed by atoms with van der Waals surface area (Å²) in [5.41, 5.74) is 5.81. The molecule has 1 unspecified atom stereocenters. The van der Waals surface area contributed by atoms with Crippen LogP contribution in [-0.2, 0) is 4.79 Å². The number of pyridine rings is 1. The van der Waals surface area contributed by atoms with Gasteiger partial charge in [-0.05, 0) is 30.7 Å². The summed E-state index contributed by atoms with van der Waals surface area (Å²) in [6, 6.07) is 21.7. The number of para-hydroxylation sites is 1. The minimum Gasteiger partial charge on any atom is -0.457 e. The number of carbonyl (C=O) groups is 2. The summed E-state index contributed by atoms with van der Waals surface area (Å²) < 4.78 is 5.68. The fourth-order valence-electron chi connectivity index (χ4n) is 2.41. The zero-order valence-corrected chi connectivity index (χ0v) is 14.8. The minimum absolute atomic E-state index is 0.135. The van der Waals surface area contributed by atoms with E-state index in [9.17, 15) is 9.59 Å². The summed E-state index contributed by atoms with van der Waals surface area (Å²) in [7, 11) is 0. The predicted octanol–water partition coefficient (Wildman–Crippen LogP) is 3.44. The van der Waals surface area contributed by atoms with Gasteiger partial charge in [0.05, 0.1) is 5.92 Å². The van der Waals surface area contributed by atoms with Crippen molar-refractivity contribution in [1.29, 1.82) is 0 Å². The van der Waals surface area contributed by atoms with Gasteiger partial charge in [0, 0.05) is 12.3 Å². The van der Waals surface area contributed by atoms with Gasteiger partial charge in [-0.15, -0.1) is 0 Å². The van der Waals surface area contributed by atoms with Gasteiger partial charge in [0.25, 0.3) is 5.91 Å². The van der Waals surface area contributed by atoms with Crippen LogP contribution in [-0.4, -0.2) is 16.8 Å². The van der Waals surface area contributed by atoms with E-state index < -0.39 is 11.8 Å². The van der Waals surface area contributed by atoms with E-state index >= 15 is 0 Å². The Bertz CT molecular complexity index is 914. The molecule has 2 aromatic carbocycles. The second kappa shape index (κ2) is 8.62. The van der Waals surface area contributed by atoms with Crippen molar-refractivity contribution in [2.75, 3.05) is 0 Å². The third-order valence-corrected chi connectivity index (χ3v) is 3.94. The Morgan fingerprint density at radius 2 is 1.56 bits per heavy atom. The number of hydrazine groups is 1. The first-order valence-electron chi connectivity index (χ1n) is 8.47. The van der Waals surface area contributed by atoms with Crippen LogP contribution in [0.5, 0.6) is 11.5 Å². The van der Waals surface area contributed by atoms with Gasteiger partial charge < -0.3 is 4.74 Å². The summed E-state index contributed by atoms with van der Waals surface area (Å²) in [6.07, 6.45) is 1.47. The second-order valence-electron chi connectivity index (χ2n) is 5.87. The molecule has 0 saturated heterocycles. The summed E-state index contributed by atoms with van der Waals surface area (Å²) >= 11 is 0. The Morgan fingerprint density at radius 3 is 2.26 bits per heavy atom. The number of amides is 2. The van der Waals surface area contributed by atoms with E-state index in [-0.39, 0.29) is 11.6 Å². The lowest BCUT2D eigenvalue weighted by Crippen LogP contribution is -2.43. The van der Waals surface area contributed by atoms with Gasteiger partial charge in [0.2, 0.25) is 5.91 Å². The van der Waals surface area contributed by atoms with E-state index in [1.807, 2.05) is 60.7 Å². The minimum atomic E-state index is -0.526. The van der Waals surface area contributed by atoms with Gasteiger partial charge >= 0.3 is 0 Å². The van der Waals surface area contributed by atoms with Crippen LogP contribution in [0.2, 0.25) is 0 Å². The molecule has 0 saturated carbocycles. The highest BCUT2D eigenvalue weighted by Crippen LogP contribution is 2.20. The predicted molar refractivity (Wildman–Crippen MR) is 101 cm³/mol. The Hall–Kier alpha value is -3.67. The number of hydrogen-bond acceptors (Lipinski definition) is 4.